The Bertz CT molecular complexity index is 441. The standard InChI is InChI=1S/C17H32NO3P/c1-6-22(19,21-18)20-14-13-17(5)12-8-11-16(4)10-7-9-15(2)3/h9,11,13H,6-8,10,12,14,18H2,1-5H3. The summed E-state index contributed by atoms with van der Waals surface area (Å²) in [6.45, 7) is 10.5. The zero-order valence-electron chi connectivity index (χ0n) is 14.7. The second kappa shape index (κ2) is 11.8. The van der Waals surface area contributed by atoms with Crippen molar-refractivity contribution in [3.63, 3.8) is 0 Å². The second-order valence-electron chi connectivity index (χ2n) is 5.79. The topological polar surface area (TPSA) is 61.5 Å². The van der Waals surface area contributed by atoms with E-state index in [0.29, 0.717) is 0 Å². The Kier molecular flexibility index (Phi) is 11.5. The molecule has 22 heavy (non-hydrogen) atoms. The molecule has 0 bridgehead atoms. The number of rotatable bonds is 11. The Morgan fingerprint density at radius 3 is 2.05 bits per heavy atom. The Hall–Kier alpha value is -0.670. The summed E-state index contributed by atoms with van der Waals surface area (Å²) < 4.78 is 21.4. The molecule has 0 aliphatic carbocycles. The molecule has 4 nitrogen and oxygen atoms in total. The van der Waals surface area contributed by atoms with E-state index in [1.165, 1.54) is 16.7 Å². The molecule has 0 rings (SSSR count). The minimum Gasteiger partial charge on any atom is -0.303 e. The Balaban J connectivity index is 4.06. The van der Waals surface area contributed by atoms with Gasteiger partial charge < -0.3 is 4.52 Å². The van der Waals surface area contributed by atoms with Gasteiger partial charge in [0.15, 0.2) is 0 Å². The molecule has 1 atom stereocenters. The number of hydrogen-bond acceptors (Lipinski definition) is 4. The molecule has 0 spiro atoms. The molecule has 0 aromatic rings. The lowest BCUT2D eigenvalue weighted by Crippen LogP contribution is -2.03. The molecule has 0 aromatic carbocycles. The van der Waals surface area contributed by atoms with Gasteiger partial charge in [-0.15, -0.1) is 0 Å². The van der Waals surface area contributed by atoms with Crippen LogP contribution in [0.25, 0.3) is 0 Å². The Labute approximate surface area is 135 Å². The number of allylic oxidation sites excluding steroid dienone is 5. The van der Waals surface area contributed by atoms with Crippen LogP contribution in [0.4, 0.5) is 0 Å². The lowest BCUT2D eigenvalue weighted by molar-refractivity contribution is 0.224. The number of hydrogen-bond donors (Lipinski definition) is 1. The summed E-state index contributed by atoms with van der Waals surface area (Å²) in [6, 6.07) is 0. The van der Waals surface area contributed by atoms with Crippen molar-refractivity contribution in [1.82, 2.24) is 0 Å². The Morgan fingerprint density at radius 1 is 1.00 bits per heavy atom. The normalized spacial score (nSPS) is 15.5. The molecule has 0 amide bonds. The average Bonchev–Trinajstić information content (AvgIpc) is 2.46. The van der Waals surface area contributed by atoms with Gasteiger partial charge in [-0.3, -0.25) is 4.57 Å². The highest BCUT2D eigenvalue weighted by molar-refractivity contribution is 7.53. The Morgan fingerprint density at radius 2 is 1.55 bits per heavy atom. The monoisotopic (exact) mass is 329 g/mol. The first-order valence-electron chi connectivity index (χ1n) is 7.89. The van der Waals surface area contributed by atoms with Gasteiger partial charge in [-0.2, -0.15) is 0 Å². The van der Waals surface area contributed by atoms with Crippen LogP contribution in [0, 0.1) is 0 Å². The first-order chi connectivity index (χ1) is 10.3. The maximum absolute atomic E-state index is 11.8. The van der Waals surface area contributed by atoms with Crippen molar-refractivity contribution >= 4 is 7.60 Å². The van der Waals surface area contributed by atoms with Gasteiger partial charge in [0, 0.05) is 6.16 Å². The highest BCUT2D eigenvalue weighted by Gasteiger charge is 2.19. The van der Waals surface area contributed by atoms with E-state index < -0.39 is 7.60 Å². The molecule has 0 radical (unpaired) electrons. The zero-order valence-corrected chi connectivity index (χ0v) is 15.6. The number of nitrogens with two attached hydrogens (primary N) is 1. The van der Waals surface area contributed by atoms with Crippen LogP contribution >= 0.6 is 7.60 Å². The molecule has 0 heterocycles. The van der Waals surface area contributed by atoms with Crippen LogP contribution in [-0.2, 0) is 13.7 Å². The predicted octanol–water partition coefficient (Wildman–Crippen LogP) is 5.53. The van der Waals surface area contributed by atoms with Crippen LogP contribution in [0.5, 0.6) is 0 Å². The van der Waals surface area contributed by atoms with E-state index in [9.17, 15) is 4.57 Å². The summed E-state index contributed by atoms with van der Waals surface area (Å²) >= 11 is 0. The molecule has 0 saturated carbocycles. The molecular formula is C17H32NO3P. The highest BCUT2D eigenvalue weighted by Crippen LogP contribution is 2.45. The molecule has 5 heteroatoms. The third-order valence-electron chi connectivity index (χ3n) is 3.37. The highest BCUT2D eigenvalue weighted by atomic mass is 31.2. The third-order valence-corrected chi connectivity index (χ3v) is 5.01. The summed E-state index contributed by atoms with van der Waals surface area (Å²) in [6.07, 6.45) is 11.0. The maximum atomic E-state index is 11.8. The molecule has 128 valence electrons. The summed E-state index contributed by atoms with van der Waals surface area (Å²) in [7, 11) is -3.08. The van der Waals surface area contributed by atoms with Crippen molar-refractivity contribution in [3.8, 4) is 0 Å². The van der Waals surface area contributed by atoms with Crippen LogP contribution in [0.15, 0.2) is 34.9 Å². The van der Waals surface area contributed by atoms with Gasteiger partial charge >= 0.3 is 7.60 Å². The van der Waals surface area contributed by atoms with Crippen LogP contribution in [0.3, 0.4) is 0 Å². The van der Waals surface area contributed by atoms with Gasteiger partial charge in [-0.05, 0) is 53.4 Å². The lowest BCUT2D eigenvalue weighted by Gasteiger charge is -2.12. The molecule has 0 fully saturated rings. The second-order valence-corrected chi connectivity index (χ2v) is 8.11. The van der Waals surface area contributed by atoms with Gasteiger partial charge in [0.25, 0.3) is 0 Å². The lowest BCUT2D eigenvalue weighted by atomic mass is 10.1. The summed E-state index contributed by atoms with van der Waals surface area (Å²) in [5.74, 6) is 4.99. The van der Waals surface area contributed by atoms with Gasteiger partial charge in [0.1, 0.15) is 0 Å². The predicted molar refractivity (Wildman–Crippen MR) is 94.8 cm³/mol. The minimum atomic E-state index is -3.08. The molecule has 2 N–H and O–H groups in total. The molecule has 0 aliphatic heterocycles. The summed E-state index contributed by atoms with van der Waals surface area (Å²) in [4.78, 5) is 0. The van der Waals surface area contributed by atoms with E-state index in [-0.39, 0.29) is 12.8 Å². The molecule has 1 unspecified atom stereocenters. The van der Waals surface area contributed by atoms with E-state index in [0.717, 1.165) is 25.7 Å². The van der Waals surface area contributed by atoms with Crippen molar-refractivity contribution in [2.75, 3.05) is 12.8 Å². The van der Waals surface area contributed by atoms with Crippen LogP contribution in [0.2, 0.25) is 0 Å². The van der Waals surface area contributed by atoms with Crippen molar-refractivity contribution in [1.29, 1.82) is 0 Å². The quantitative estimate of drug-likeness (QED) is 0.308. The van der Waals surface area contributed by atoms with Crippen LogP contribution in [-0.4, -0.2) is 12.8 Å². The summed E-state index contributed by atoms with van der Waals surface area (Å²) in [5, 5.41) is 0. The van der Waals surface area contributed by atoms with Gasteiger partial charge in [0.2, 0.25) is 0 Å². The van der Waals surface area contributed by atoms with Crippen molar-refractivity contribution in [2.24, 2.45) is 5.90 Å². The van der Waals surface area contributed by atoms with Crippen LogP contribution < -0.4 is 5.90 Å². The van der Waals surface area contributed by atoms with Crippen molar-refractivity contribution in [3.05, 3.63) is 34.9 Å². The average molecular weight is 329 g/mol. The van der Waals surface area contributed by atoms with E-state index in [1.54, 1.807) is 6.92 Å². The smallest absolute Gasteiger partial charge is 0.303 e. The van der Waals surface area contributed by atoms with Gasteiger partial charge in [-0.25, -0.2) is 10.5 Å². The van der Waals surface area contributed by atoms with E-state index in [4.69, 9.17) is 10.4 Å². The fourth-order valence-corrected chi connectivity index (χ4v) is 2.52. The molecular weight excluding hydrogens is 297 g/mol. The van der Waals surface area contributed by atoms with Gasteiger partial charge in [-0.1, -0.05) is 41.9 Å². The van der Waals surface area contributed by atoms with Crippen molar-refractivity contribution < 1.29 is 13.7 Å². The minimum absolute atomic E-state index is 0.275. The largest absolute Gasteiger partial charge is 0.346 e. The van der Waals surface area contributed by atoms with Gasteiger partial charge in [0.05, 0.1) is 6.61 Å². The SMILES string of the molecule is CCP(=O)(ON)OCC=C(C)CCC=C(C)CCC=C(C)C. The first kappa shape index (κ1) is 21.3. The summed E-state index contributed by atoms with van der Waals surface area (Å²) in [5.41, 5.74) is 4.01. The fraction of sp³-hybridized carbons (Fsp3) is 0.647. The third kappa shape index (κ3) is 11.0. The van der Waals surface area contributed by atoms with E-state index in [2.05, 4.69) is 44.5 Å². The van der Waals surface area contributed by atoms with Crippen molar-refractivity contribution in [2.45, 2.75) is 60.3 Å². The first-order valence-corrected chi connectivity index (χ1v) is 9.62. The molecule has 0 aliphatic rings. The molecule has 0 saturated heterocycles. The van der Waals surface area contributed by atoms with E-state index >= 15 is 0 Å². The van der Waals surface area contributed by atoms with Crippen LogP contribution in [0.1, 0.15) is 60.3 Å². The maximum Gasteiger partial charge on any atom is 0.346 e. The zero-order chi connectivity index (χ0) is 17.0. The van der Waals surface area contributed by atoms with E-state index in [1.807, 2.05) is 6.08 Å². The fourth-order valence-electron chi connectivity index (χ4n) is 1.83. The molecule has 0 aromatic heterocycles.